The van der Waals surface area contributed by atoms with E-state index < -0.39 is 37.3 Å². The van der Waals surface area contributed by atoms with Gasteiger partial charge in [-0.2, -0.15) is 0 Å². The van der Waals surface area contributed by atoms with Crippen molar-refractivity contribution in [3.8, 4) is 0 Å². The molecular formula is C45H51O6. The van der Waals surface area contributed by atoms with Gasteiger partial charge in [-0.25, -0.2) is 0 Å². The second kappa shape index (κ2) is 18.9. The Morgan fingerprint density at radius 2 is 0.980 bits per heavy atom. The van der Waals surface area contributed by atoms with Crippen LogP contribution in [0.15, 0.2) is 152 Å². The quantitative estimate of drug-likeness (QED) is 0.0656. The first-order chi connectivity index (χ1) is 24.9. The van der Waals surface area contributed by atoms with E-state index in [2.05, 4.69) is 12.1 Å². The smallest absolute Gasteiger partial charge is 0.144 e. The van der Waals surface area contributed by atoms with Crippen LogP contribution in [0.2, 0.25) is 0 Å². The Hall–Kier alpha value is -4.14. The van der Waals surface area contributed by atoms with Gasteiger partial charge in [-0.05, 0) is 54.5 Å². The number of hydrogen-bond acceptors (Lipinski definition) is 6. The first-order valence-corrected chi connectivity index (χ1v) is 17.8. The van der Waals surface area contributed by atoms with Crippen molar-refractivity contribution in [1.29, 1.82) is 0 Å². The summed E-state index contributed by atoms with van der Waals surface area (Å²) < 4.78 is 12.2. The maximum Gasteiger partial charge on any atom is 0.144 e. The summed E-state index contributed by atoms with van der Waals surface area (Å²) in [5, 5.41) is 44.5. The number of benzene rings is 5. The third kappa shape index (κ3) is 9.80. The molecule has 0 aromatic heterocycles. The van der Waals surface area contributed by atoms with E-state index in [0.29, 0.717) is 12.8 Å². The summed E-state index contributed by atoms with van der Waals surface area (Å²) in [5.41, 5.74) is 3.44. The molecule has 0 bridgehead atoms. The molecule has 51 heavy (non-hydrogen) atoms. The Labute approximate surface area is 303 Å². The zero-order valence-corrected chi connectivity index (χ0v) is 29.5. The van der Waals surface area contributed by atoms with Crippen molar-refractivity contribution in [2.75, 3.05) is 13.6 Å². The largest absolute Gasteiger partial charge is 0.393 e. The van der Waals surface area contributed by atoms with E-state index >= 15 is 0 Å². The van der Waals surface area contributed by atoms with Gasteiger partial charge < -0.3 is 29.9 Å². The van der Waals surface area contributed by atoms with Crippen LogP contribution >= 0.6 is 0 Å². The highest BCUT2D eigenvalue weighted by atomic mass is 16.6. The molecule has 5 aromatic rings. The van der Waals surface area contributed by atoms with Crippen LogP contribution in [0, 0.1) is 6.42 Å². The van der Waals surface area contributed by atoms with Crippen molar-refractivity contribution in [3.05, 3.63) is 186 Å². The number of aliphatic hydroxyl groups is 4. The van der Waals surface area contributed by atoms with Gasteiger partial charge in [0.15, 0.2) is 0 Å². The van der Waals surface area contributed by atoms with E-state index in [0.717, 1.165) is 27.8 Å². The van der Waals surface area contributed by atoms with Crippen LogP contribution in [0.3, 0.4) is 0 Å². The summed E-state index contributed by atoms with van der Waals surface area (Å²) >= 11 is 0. The Morgan fingerprint density at radius 3 is 1.43 bits per heavy atom. The molecule has 8 atom stereocenters. The van der Waals surface area contributed by atoms with Gasteiger partial charge in [-0.3, -0.25) is 0 Å². The topological polar surface area (TPSA) is 99.4 Å². The third-order valence-electron chi connectivity index (χ3n) is 10.2. The molecule has 5 aromatic carbocycles. The van der Waals surface area contributed by atoms with Crippen molar-refractivity contribution in [2.24, 2.45) is 0 Å². The minimum atomic E-state index is -1.22. The predicted octanol–water partition coefficient (Wildman–Crippen LogP) is 8.06. The first-order valence-electron chi connectivity index (χ1n) is 17.8. The van der Waals surface area contributed by atoms with Gasteiger partial charge in [0, 0.05) is 30.1 Å². The van der Waals surface area contributed by atoms with Crippen molar-refractivity contribution in [2.45, 2.75) is 74.3 Å². The molecule has 0 saturated carbocycles. The fourth-order valence-corrected chi connectivity index (χ4v) is 7.49. The highest BCUT2D eigenvalue weighted by Gasteiger charge is 2.44. The number of ether oxygens (including phenoxy) is 2. The number of rotatable bonds is 19. The zero-order chi connectivity index (χ0) is 36.1. The van der Waals surface area contributed by atoms with Crippen LogP contribution in [0.4, 0.5) is 0 Å². The van der Waals surface area contributed by atoms with Gasteiger partial charge in [0.25, 0.3) is 0 Å². The first kappa shape index (κ1) is 38.1. The van der Waals surface area contributed by atoms with Gasteiger partial charge >= 0.3 is 0 Å². The minimum Gasteiger partial charge on any atom is -0.393 e. The maximum atomic E-state index is 12.9. The van der Waals surface area contributed by atoms with E-state index in [1.807, 2.05) is 153 Å². The third-order valence-corrected chi connectivity index (χ3v) is 10.2. The lowest BCUT2D eigenvalue weighted by molar-refractivity contribution is -0.120. The fraction of sp³-hybridized carbons (Fsp3) is 0.311. The molecule has 0 aliphatic carbocycles. The molecule has 1 radical (unpaired) electrons. The van der Waals surface area contributed by atoms with E-state index in [1.54, 1.807) is 6.92 Å². The zero-order valence-electron chi connectivity index (χ0n) is 29.5. The van der Waals surface area contributed by atoms with E-state index in [4.69, 9.17) is 9.47 Å². The van der Waals surface area contributed by atoms with Gasteiger partial charge in [-0.1, -0.05) is 152 Å². The molecule has 0 fully saturated rings. The molecule has 0 aliphatic heterocycles. The average molecular weight is 688 g/mol. The predicted molar refractivity (Wildman–Crippen MR) is 202 cm³/mol. The molecular weight excluding hydrogens is 636 g/mol. The molecule has 0 amide bonds. The molecule has 8 unspecified atom stereocenters. The van der Waals surface area contributed by atoms with Crippen LogP contribution in [-0.4, -0.2) is 52.3 Å². The van der Waals surface area contributed by atoms with Gasteiger partial charge in [-0.15, -0.1) is 0 Å². The van der Waals surface area contributed by atoms with E-state index in [-0.39, 0.29) is 23.9 Å². The number of aliphatic hydroxyl groups excluding tert-OH is 4. The molecule has 0 saturated heterocycles. The second-order valence-electron chi connectivity index (χ2n) is 13.4. The lowest BCUT2D eigenvalue weighted by atomic mass is 9.69. The normalized spacial score (nSPS) is 17.0. The second-order valence-corrected chi connectivity index (χ2v) is 13.4. The van der Waals surface area contributed by atoms with Crippen LogP contribution in [0.1, 0.15) is 78.2 Å². The van der Waals surface area contributed by atoms with Crippen molar-refractivity contribution in [1.82, 2.24) is 0 Å². The van der Waals surface area contributed by atoms with Crippen molar-refractivity contribution in [3.63, 3.8) is 0 Å². The summed E-state index contributed by atoms with van der Waals surface area (Å²) in [6, 6.07) is 49.6. The SMILES string of the molecule is CC(O)C(CC([CH]C(c1ccccc1)C(O)C(CC(c1ccccc1)C(C)OCO)c1ccccc1)(OCO)c1ccccc1)c1ccccc1. The maximum absolute atomic E-state index is 12.9. The molecule has 0 aliphatic rings. The monoisotopic (exact) mass is 687 g/mol. The number of hydrogen-bond donors (Lipinski definition) is 4. The fourth-order valence-electron chi connectivity index (χ4n) is 7.49. The van der Waals surface area contributed by atoms with Gasteiger partial charge in [0.05, 0.1) is 18.3 Å². The molecule has 4 N–H and O–H groups in total. The molecule has 6 heteroatoms. The van der Waals surface area contributed by atoms with E-state index in [1.165, 1.54) is 0 Å². The van der Waals surface area contributed by atoms with Crippen molar-refractivity contribution >= 4 is 0 Å². The van der Waals surface area contributed by atoms with Crippen molar-refractivity contribution < 1.29 is 29.9 Å². The van der Waals surface area contributed by atoms with Gasteiger partial charge in [0.1, 0.15) is 19.2 Å². The summed E-state index contributed by atoms with van der Waals surface area (Å²) in [6.07, 6.45) is 0.830. The van der Waals surface area contributed by atoms with Gasteiger partial charge in [0.2, 0.25) is 0 Å². The average Bonchev–Trinajstić information content (AvgIpc) is 3.18. The molecule has 0 heterocycles. The molecule has 0 spiro atoms. The summed E-state index contributed by atoms with van der Waals surface area (Å²) in [5.74, 6) is -1.47. The Balaban J connectivity index is 1.65. The molecule has 5 rings (SSSR count). The summed E-state index contributed by atoms with van der Waals surface area (Å²) in [4.78, 5) is 0. The van der Waals surface area contributed by atoms with E-state index in [9.17, 15) is 20.4 Å². The van der Waals surface area contributed by atoms with Crippen LogP contribution < -0.4 is 0 Å². The van der Waals surface area contributed by atoms with Crippen LogP contribution in [-0.2, 0) is 15.1 Å². The Kier molecular flexibility index (Phi) is 14.1. The highest BCUT2D eigenvalue weighted by Crippen LogP contribution is 2.48. The minimum absolute atomic E-state index is 0.153. The molecule has 267 valence electrons. The lowest BCUT2D eigenvalue weighted by Crippen LogP contribution is -2.40. The highest BCUT2D eigenvalue weighted by molar-refractivity contribution is 5.36. The summed E-state index contributed by atoms with van der Waals surface area (Å²) in [7, 11) is 0. The molecule has 6 nitrogen and oxygen atoms in total. The Morgan fingerprint density at radius 1 is 0.549 bits per heavy atom. The summed E-state index contributed by atoms with van der Waals surface area (Å²) in [6.45, 7) is 2.76. The Bertz CT molecular complexity index is 1670. The van der Waals surface area contributed by atoms with Crippen LogP contribution in [0.5, 0.6) is 0 Å². The van der Waals surface area contributed by atoms with Crippen LogP contribution in [0.25, 0.3) is 0 Å². The standard InChI is InChI=1S/C45H51O6/c1-33(48)42(37-22-12-5-13-23-37)29-45(51-32-47,39-26-16-7-17-27-39)30-43(38-24-14-6-15-25-38)44(49)41(36-20-10-4-11-21-36)28-40(34(2)50-31-46)35-18-8-3-9-19-35/h3-27,30,33-34,40-44,46-49H,28-29,31-32H2,1-2H3. The lowest BCUT2D eigenvalue weighted by Gasteiger charge is -2.42.